The maximum Gasteiger partial charge on any atom is 0.342 e. The number of cyclic esters (lactones) is 1. The Morgan fingerprint density at radius 1 is 1.15 bits per heavy atom. The number of epoxide rings is 1. The fraction of sp³-hybridized carbons (Fsp3) is 0.444. The molecule has 0 spiro atoms. The molecular formula is C18H19ClO7. The third-order valence-corrected chi connectivity index (χ3v) is 4.84. The summed E-state index contributed by atoms with van der Waals surface area (Å²) in [7, 11) is 0. The molecule has 4 atom stereocenters. The highest BCUT2D eigenvalue weighted by molar-refractivity contribution is 6.33. The van der Waals surface area contributed by atoms with E-state index in [9.17, 15) is 24.9 Å². The fourth-order valence-corrected chi connectivity index (χ4v) is 3.27. The lowest BCUT2D eigenvalue weighted by atomic mass is 9.99. The lowest BCUT2D eigenvalue weighted by molar-refractivity contribution is -0.114. The molecule has 7 nitrogen and oxygen atoms in total. The van der Waals surface area contributed by atoms with Crippen LogP contribution in [0.25, 0.3) is 0 Å². The molecule has 0 unspecified atom stereocenters. The van der Waals surface area contributed by atoms with Gasteiger partial charge in [-0.25, -0.2) is 4.79 Å². The van der Waals surface area contributed by atoms with E-state index >= 15 is 0 Å². The van der Waals surface area contributed by atoms with Gasteiger partial charge in [0.15, 0.2) is 5.78 Å². The first-order valence-corrected chi connectivity index (χ1v) is 8.63. The van der Waals surface area contributed by atoms with Gasteiger partial charge in [0.1, 0.15) is 23.2 Å². The van der Waals surface area contributed by atoms with Crippen molar-refractivity contribution in [2.24, 2.45) is 0 Å². The molecule has 0 amide bonds. The number of aromatic hydroxyl groups is 2. The number of aliphatic hydroxyl groups is 1. The Balaban J connectivity index is 1.99. The van der Waals surface area contributed by atoms with E-state index in [0.29, 0.717) is 12.8 Å². The summed E-state index contributed by atoms with van der Waals surface area (Å²) in [6.07, 6.45) is 1.32. The summed E-state index contributed by atoms with van der Waals surface area (Å²) in [4.78, 5) is 24.7. The Morgan fingerprint density at radius 3 is 2.58 bits per heavy atom. The first-order chi connectivity index (χ1) is 12.3. The van der Waals surface area contributed by atoms with Gasteiger partial charge in [-0.2, -0.15) is 0 Å². The Labute approximate surface area is 154 Å². The van der Waals surface area contributed by atoms with Crippen LogP contribution in [0.5, 0.6) is 11.5 Å². The van der Waals surface area contributed by atoms with E-state index in [2.05, 4.69) is 0 Å². The number of aliphatic hydroxyl groups excluding tert-OH is 1. The van der Waals surface area contributed by atoms with E-state index < -0.39 is 35.5 Å². The van der Waals surface area contributed by atoms with Crippen molar-refractivity contribution < 1.29 is 34.4 Å². The van der Waals surface area contributed by atoms with Gasteiger partial charge in [-0.15, -0.1) is 0 Å². The molecule has 2 aliphatic heterocycles. The van der Waals surface area contributed by atoms with Crippen LogP contribution in [-0.2, 0) is 20.7 Å². The molecule has 0 saturated carbocycles. The van der Waals surface area contributed by atoms with Gasteiger partial charge in [0, 0.05) is 30.9 Å². The molecule has 1 saturated heterocycles. The lowest BCUT2D eigenvalue weighted by Gasteiger charge is -2.17. The number of halogens is 1. The van der Waals surface area contributed by atoms with E-state index in [0.717, 1.165) is 6.07 Å². The number of rotatable bonds is 0. The van der Waals surface area contributed by atoms with Gasteiger partial charge in [-0.1, -0.05) is 17.7 Å². The summed E-state index contributed by atoms with van der Waals surface area (Å²) in [6.45, 7) is 1.68. The molecule has 1 fully saturated rings. The second-order valence-corrected chi connectivity index (χ2v) is 6.93. The third-order valence-electron chi connectivity index (χ3n) is 4.41. The normalized spacial score (nSPS) is 29.3. The molecular weight excluding hydrogens is 364 g/mol. The predicted molar refractivity (Wildman–Crippen MR) is 91.4 cm³/mol. The van der Waals surface area contributed by atoms with Gasteiger partial charge in [0.05, 0.1) is 23.3 Å². The minimum absolute atomic E-state index is 0.0249. The van der Waals surface area contributed by atoms with Crippen LogP contribution in [0.15, 0.2) is 18.2 Å². The van der Waals surface area contributed by atoms with Gasteiger partial charge in [0.25, 0.3) is 0 Å². The van der Waals surface area contributed by atoms with Crippen molar-refractivity contribution in [3.63, 3.8) is 0 Å². The molecule has 26 heavy (non-hydrogen) atoms. The van der Waals surface area contributed by atoms with E-state index in [4.69, 9.17) is 21.1 Å². The van der Waals surface area contributed by atoms with Crippen LogP contribution in [0.1, 0.15) is 35.7 Å². The van der Waals surface area contributed by atoms with Gasteiger partial charge in [0.2, 0.25) is 0 Å². The highest BCUT2D eigenvalue weighted by atomic mass is 35.5. The van der Waals surface area contributed by atoms with Crippen molar-refractivity contribution in [3.8, 4) is 11.5 Å². The highest BCUT2D eigenvalue weighted by Crippen LogP contribution is 2.38. The molecule has 2 heterocycles. The Hall–Kier alpha value is -2.09. The number of phenols is 2. The first kappa shape index (κ1) is 18.7. The molecule has 2 aliphatic rings. The Morgan fingerprint density at radius 2 is 1.85 bits per heavy atom. The number of phenolic OH excluding ortho intramolecular Hbond substituents is 2. The zero-order valence-corrected chi connectivity index (χ0v) is 14.8. The van der Waals surface area contributed by atoms with Crippen LogP contribution in [0, 0.1) is 0 Å². The van der Waals surface area contributed by atoms with E-state index in [1.54, 1.807) is 6.92 Å². The molecule has 0 radical (unpaired) electrons. The number of ether oxygens (including phenoxy) is 2. The molecule has 140 valence electrons. The average molecular weight is 383 g/mol. The topological polar surface area (TPSA) is 117 Å². The number of esters is 1. The summed E-state index contributed by atoms with van der Waals surface area (Å²) in [5.41, 5.74) is -0.282. The number of ketones is 1. The van der Waals surface area contributed by atoms with Crippen LogP contribution >= 0.6 is 11.6 Å². The lowest BCUT2D eigenvalue weighted by Crippen LogP contribution is -2.20. The van der Waals surface area contributed by atoms with Crippen molar-refractivity contribution in [3.05, 3.63) is 34.4 Å². The van der Waals surface area contributed by atoms with Crippen molar-refractivity contribution in [2.75, 3.05) is 0 Å². The number of carbonyl (C=O) groups excluding carboxylic acids is 2. The van der Waals surface area contributed by atoms with Gasteiger partial charge >= 0.3 is 5.97 Å². The zero-order valence-electron chi connectivity index (χ0n) is 14.0. The minimum atomic E-state index is -0.845. The summed E-state index contributed by atoms with van der Waals surface area (Å²) in [5, 5.41) is 29.7. The highest BCUT2D eigenvalue weighted by Gasteiger charge is 2.41. The quantitative estimate of drug-likeness (QED) is 0.463. The number of allylic oxidation sites excluding steroid dienone is 1. The Bertz CT molecular complexity index is 773. The van der Waals surface area contributed by atoms with Crippen LogP contribution in [-0.4, -0.2) is 51.5 Å². The summed E-state index contributed by atoms with van der Waals surface area (Å²) < 4.78 is 10.8. The second-order valence-electron chi connectivity index (χ2n) is 6.55. The monoisotopic (exact) mass is 382 g/mol. The molecule has 1 aromatic carbocycles. The van der Waals surface area contributed by atoms with Crippen LogP contribution < -0.4 is 0 Å². The smallest absolute Gasteiger partial charge is 0.342 e. The first-order valence-electron chi connectivity index (χ1n) is 8.25. The molecule has 8 heteroatoms. The molecule has 0 aliphatic carbocycles. The molecule has 3 N–H and O–H groups in total. The number of hydrogen-bond donors (Lipinski definition) is 3. The van der Waals surface area contributed by atoms with Gasteiger partial charge in [-0.3, -0.25) is 4.79 Å². The minimum Gasteiger partial charge on any atom is -0.507 e. The molecule has 0 aromatic heterocycles. The van der Waals surface area contributed by atoms with Gasteiger partial charge < -0.3 is 24.8 Å². The van der Waals surface area contributed by atoms with Crippen molar-refractivity contribution in [1.29, 1.82) is 0 Å². The molecule has 1 aromatic rings. The number of fused-ring (bicyclic) bond motifs is 2. The van der Waals surface area contributed by atoms with Crippen LogP contribution in [0.3, 0.4) is 0 Å². The van der Waals surface area contributed by atoms with E-state index in [1.807, 2.05) is 0 Å². The van der Waals surface area contributed by atoms with Crippen LogP contribution in [0.2, 0.25) is 5.02 Å². The summed E-state index contributed by atoms with van der Waals surface area (Å²) in [5.74, 6) is -2.26. The van der Waals surface area contributed by atoms with Crippen molar-refractivity contribution in [1.82, 2.24) is 0 Å². The SMILES string of the molecule is C[C@H]1C[C@H]2O[C@@H]2C[C@H](O)C=CC(=O)Cc2c(Cl)c(O)cc(O)c2C(=O)O1. The molecule has 0 bridgehead atoms. The molecule has 3 rings (SSSR count). The average Bonchev–Trinajstić information content (AvgIpc) is 3.26. The Kier molecular flexibility index (Phi) is 5.22. The maximum absolute atomic E-state index is 12.5. The van der Waals surface area contributed by atoms with Crippen molar-refractivity contribution in [2.45, 2.75) is 50.6 Å². The van der Waals surface area contributed by atoms with Gasteiger partial charge in [-0.05, 0) is 13.0 Å². The third kappa shape index (κ3) is 4.00. The standard InChI is InChI=1S/C18H19ClO7/c1-8-4-14-15(26-14)6-10(21)3-2-9(20)5-11-16(18(24)25-8)12(22)7-13(23)17(11)19/h2-3,7-8,10,14-15,21-23H,4-6H2,1H3/t8-,10+,14+,15+/m0/s1. The second kappa shape index (κ2) is 7.26. The maximum atomic E-state index is 12.5. The van der Waals surface area contributed by atoms with E-state index in [1.165, 1.54) is 12.2 Å². The summed E-state index contributed by atoms with van der Waals surface area (Å²) in [6, 6.07) is 0.931. The summed E-state index contributed by atoms with van der Waals surface area (Å²) >= 11 is 6.05. The number of hydrogen-bond acceptors (Lipinski definition) is 7. The fourth-order valence-electron chi connectivity index (χ4n) is 3.06. The predicted octanol–water partition coefficient (Wildman–Crippen LogP) is 1.89. The number of carbonyl (C=O) groups is 2. The number of benzene rings is 1. The zero-order chi connectivity index (χ0) is 19.0. The van der Waals surface area contributed by atoms with Crippen LogP contribution in [0.4, 0.5) is 0 Å². The van der Waals surface area contributed by atoms with Crippen molar-refractivity contribution >= 4 is 23.4 Å². The van der Waals surface area contributed by atoms with E-state index in [-0.39, 0.29) is 34.8 Å². The largest absolute Gasteiger partial charge is 0.507 e.